The van der Waals surface area contributed by atoms with Crippen molar-refractivity contribution in [3.05, 3.63) is 0 Å². The van der Waals surface area contributed by atoms with Crippen molar-refractivity contribution in [2.45, 2.75) is 38.8 Å². The lowest BCUT2D eigenvalue weighted by Gasteiger charge is -2.23. The van der Waals surface area contributed by atoms with Gasteiger partial charge in [-0.05, 0) is 19.4 Å². The summed E-state index contributed by atoms with van der Waals surface area (Å²) in [6, 6.07) is -0.552. The van der Waals surface area contributed by atoms with E-state index in [0.717, 1.165) is 0 Å². The summed E-state index contributed by atoms with van der Waals surface area (Å²) in [5.74, 6) is -0.876. The van der Waals surface area contributed by atoms with Crippen LogP contribution in [0.25, 0.3) is 0 Å². The molecule has 3 N–H and O–H groups in total. The Labute approximate surface area is 72.6 Å². The van der Waals surface area contributed by atoms with Crippen molar-refractivity contribution in [1.82, 2.24) is 5.32 Å². The second-order valence-corrected chi connectivity index (χ2v) is 2.52. The van der Waals surface area contributed by atoms with Gasteiger partial charge in [-0.15, -0.1) is 0 Å². The normalized spacial score (nSPS) is 28.6. The molecule has 1 aliphatic heterocycles. The number of aliphatic carboxylic acids is 1. The van der Waals surface area contributed by atoms with E-state index in [1.54, 1.807) is 0 Å². The monoisotopic (exact) mass is 175 g/mol. The van der Waals surface area contributed by atoms with Crippen LogP contribution in [0.4, 0.5) is 0 Å². The number of hydrogen-bond donors (Lipinski definition) is 3. The Hall–Kier alpha value is -0.610. The van der Waals surface area contributed by atoms with Crippen molar-refractivity contribution in [3.63, 3.8) is 0 Å². The standard InChI is InChI=1S/C6H11NO3.C2H6/c8-4-1-2-7-5(3-4)6(9)10;1-2/h4-5,7-8H,1-3H2,(H,9,10);1-2H3. The molecule has 4 nitrogen and oxygen atoms in total. The summed E-state index contributed by atoms with van der Waals surface area (Å²) in [6.45, 7) is 4.60. The molecule has 1 aliphatic rings. The predicted molar refractivity (Wildman–Crippen MR) is 46.0 cm³/mol. The summed E-state index contributed by atoms with van der Waals surface area (Å²) in [4.78, 5) is 10.3. The van der Waals surface area contributed by atoms with Gasteiger partial charge in [-0.25, -0.2) is 0 Å². The van der Waals surface area contributed by atoms with Crippen LogP contribution < -0.4 is 5.32 Å². The minimum absolute atomic E-state index is 0.329. The number of rotatable bonds is 1. The number of carboxylic acids is 1. The largest absolute Gasteiger partial charge is 0.480 e. The highest BCUT2D eigenvalue weighted by Gasteiger charge is 2.24. The third-order valence-electron chi connectivity index (χ3n) is 1.67. The van der Waals surface area contributed by atoms with Gasteiger partial charge in [0, 0.05) is 0 Å². The van der Waals surface area contributed by atoms with E-state index in [4.69, 9.17) is 10.2 Å². The second-order valence-electron chi connectivity index (χ2n) is 2.52. The van der Waals surface area contributed by atoms with E-state index in [0.29, 0.717) is 19.4 Å². The average molecular weight is 175 g/mol. The van der Waals surface area contributed by atoms with Crippen molar-refractivity contribution in [1.29, 1.82) is 0 Å². The van der Waals surface area contributed by atoms with E-state index >= 15 is 0 Å². The Morgan fingerprint density at radius 1 is 1.50 bits per heavy atom. The summed E-state index contributed by atoms with van der Waals surface area (Å²) < 4.78 is 0. The van der Waals surface area contributed by atoms with Crippen LogP contribution >= 0.6 is 0 Å². The van der Waals surface area contributed by atoms with Crippen LogP contribution in [0.1, 0.15) is 26.7 Å². The molecule has 1 fully saturated rings. The van der Waals surface area contributed by atoms with Crippen molar-refractivity contribution < 1.29 is 15.0 Å². The fourth-order valence-corrected chi connectivity index (χ4v) is 1.09. The predicted octanol–water partition coefficient (Wildman–Crippen LogP) is 0.210. The van der Waals surface area contributed by atoms with E-state index in [-0.39, 0.29) is 0 Å². The zero-order chi connectivity index (χ0) is 9.56. The molecule has 72 valence electrons. The summed E-state index contributed by atoms with van der Waals surface area (Å²) in [5, 5.41) is 20.3. The Balaban J connectivity index is 0.000000561. The molecule has 0 aromatic carbocycles. The fraction of sp³-hybridized carbons (Fsp3) is 0.875. The first-order valence-corrected chi connectivity index (χ1v) is 4.34. The van der Waals surface area contributed by atoms with Crippen molar-refractivity contribution >= 4 is 5.97 Å². The van der Waals surface area contributed by atoms with Crippen molar-refractivity contribution in [2.24, 2.45) is 0 Å². The van der Waals surface area contributed by atoms with Crippen LogP contribution in [0.5, 0.6) is 0 Å². The molecule has 2 unspecified atom stereocenters. The van der Waals surface area contributed by atoms with E-state index < -0.39 is 18.1 Å². The van der Waals surface area contributed by atoms with Crippen LogP contribution in [0.2, 0.25) is 0 Å². The van der Waals surface area contributed by atoms with Gasteiger partial charge in [-0.2, -0.15) is 0 Å². The zero-order valence-corrected chi connectivity index (χ0v) is 7.58. The molecule has 1 heterocycles. The number of aliphatic hydroxyl groups is 1. The molecule has 12 heavy (non-hydrogen) atoms. The van der Waals surface area contributed by atoms with Gasteiger partial charge < -0.3 is 15.5 Å². The van der Waals surface area contributed by atoms with Gasteiger partial charge in [0.25, 0.3) is 0 Å². The van der Waals surface area contributed by atoms with Crippen molar-refractivity contribution in [2.75, 3.05) is 6.54 Å². The maximum Gasteiger partial charge on any atom is 0.320 e. The van der Waals surface area contributed by atoms with Gasteiger partial charge in [0.1, 0.15) is 6.04 Å². The van der Waals surface area contributed by atoms with Gasteiger partial charge in [-0.1, -0.05) is 13.8 Å². The topological polar surface area (TPSA) is 69.6 Å². The first kappa shape index (κ1) is 11.4. The highest BCUT2D eigenvalue weighted by atomic mass is 16.4. The highest BCUT2D eigenvalue weighted by molar-refractivity contribution is 5.73. The molecule has 0 saturated carbocycles. The molecular weight excluding hydrogens is 158 g/mol. The number of carbonyl (C=O) groups is 1. The van der Waals surface area contributed by atoms with E-state index in [1.165, 1.54) is 0 Å². The molecule has 1 rings (SSSR count). The number of hydrogen-bond acceptors (Lipinski definition) is 3. The number of aliphatic hydroxyl groups excluding tert-OH is 1. The lowest BCUT2D eigenvalue weighted by molar-refractivity contribution is -0.141. The SMILES string of the molecule is CC.O=C(O)C1CC(O)CCN1. The third kappa shape index (κ3) is 3.69. The molecule has 0 bridgehead atoms. The summed E-state index contributed by atoms with van der Waals surface area (Å²) in [7, 11) is 0. The maximum atomic E-state index is 10.3. The van der Waals surface area contributed by atoms with E-state index in [1.807, 2.05) is 13.8 Å². The summed E-state index contributed by atoms with van der Waals surface area (Å²) in [6.07, 6.45) is 0.543. The molecule has 0 amide bonds. The Morgan fingerprint density at radius 3 is 2.42 bits per heavy atom. The number of piperidine rings is 1. The van der Waals surface area contributed by atoms with Gasteiger partial charge in [0.05, 0.1) is 6.10 Å². The van der Waals surface area contributed by atoms with Crippen LogP contribution in [0.3, 0.4) is 0 Å². The third-order valence-corrected chi connectivity index (χ3v) is 1.67. The van der Waals surface area contributed by atoms with Crippen molar-refractivity contribution in [3.8, 4) is 0 Å². The first-order valence-electron chi connectivity index (χ1n) is 4.34. The quantitative estimate of drug-likeness (QED) is 0.533. The molecule has 0 aromatic rings. The van der Waals surface area contributed by atoms with E-state index in [9.17, 15) is 4.79 Å². The van der Waals surface area contributed by atoms with E-state index in [2.05, 4.69) is 5.32 Å². The lowest BCUT2D eigenvalue weighted by Crippen LogP contribution is -2.45. The van der Waals surface area contributed by atoms with Crippen LogP contribution in [0, 0.1) is 0 Å². The molecule has 0 aliphatic carbocycles. The molecule has 0 spiro atoms. The Bertz CT molecular complexity index is 138. The minimum atomic E-state index is -0.876. The maximum absolute atomic E-state index is 10.3. The van der Waals surface area contributed by atoms with Crippen LogP contribution in [-0.4, -0.2) is 34.9 Å². The van der Waals surface area contributed by atoms with Gasteiger partial charge in [0.2, 0.25) is 0 Å². The molecule has 0 aromatic heterocycles. The molecule has 1 saturated heterocycles. The zero-order valence-electron chi connectivity index (χ0n) is 7.58. The van der Waals surface area contributed by atoms with Gasteiger partial charge in [0.15, 0.2) is 0 Å². The molecule has 4 heteroatoms. The minimum Gasteiger partial charge on any atom is -0.480 e. The lowest BCUT2D eigenvalue weighted by atomic mass is 10.0. The molecular formula is C8H17NO3. The average Bonchev–Trinajstić information content (AvgIpc) is 2.08. The first-order chi connectivity index (χ1) is 5.70. The molecule has 0 radical (unpaired) electrons. The summed E-state index contributed by atoms with van der Waals surface area (Å²) in [5.41, 5.74) is 0. The Kier molecular flexibility index (Phi) is 5.66. The fourth-order valence-electron chi connectivity index (χ4n) is 1.09. The Morgan fingerprint density at radius 2 is 2.08 bits per heavy atom. The van der Waals surface area contributed by atoms with Gasteiger partial charge >= 0.3 is 5.97 Å². The molecule has 2 atom stereocenters. The number of nitrogens with one attached hydrogen (secondary N) is 1. The summed E-state index contributed by atoms with van der Waals surface area (Å²) >= 11 is 0. The second kappa shape index (κ2) is 5.97. The van der Waals surface area contributed by atoms with Crippen LogP contribution in [0.15, 0.2) is 0 Å². The van der Waals surface area contributed by atoms with Crippen LogP contribution in [-0.2, 0) is 4.79 Å². The number of carboxylic acid groups (broad SMARTS) is 1. The van der Waals surface area contributed by atoms with Gasteiger partial charge in [-0.3, -0.25) is 4.79 Å². The smallest absolute Gasteiger partial charge is 0.320 e. The highest BCUT2D eigenvalue weighted by Crippen LogP contribution is 2.07.